The van der Waals surface area contributed by atoms with Crippen molar-refractivity contribution in [2.45, 2.75) is 59.8 Å². The van der Waals surface area contributed by atoms with E-state index in [9.17, 15) is 24.9 Å². The van der Waals surface area contributed by atoms with Crippen LogP contribution in [0, 0.1) is 27.7 Å². The molecule has 1 aliphatic rings. The number of carboxylic acid groups (broad SMARTS) is 2. The van der Waals surface area contributed by atoms with Gasteiger partial charge in [-0.3, -0.25) is 9.59 Å². The fourth-order valence-corrected chi connectivity index (χ4v) is 5.99. The fraction of sp³-hybridized carbons (Fsp3) is 0.294. The number of aliphatic hydroxyl groups excluding tert-OH is 1. The number of aromatic nitrogens is 4. The molecule has 0 spiro atoms. The normalized spacial score (nSPS) is 12.4. The van der Waals surface area contributed by atoms with E-state index < -0.39 is 11.9 Å². The number of aliphatic hydroxyl groups is 1. The predicted octanol–water partition coefficient (Wildman–Crippen LogP) is 2.20. The van der Waals surface area contributed by atoms with E-state index in [-0.39, 0.29) is 19.4 Å². The second-order valence-corrected chi connectivity index (χ2v) is 11.3. The molecule has 5 rings (SSSR count). The zero-order chi connectivity index (χ0) is 31.0. The van der Waals surface area contributed by atoms with Crippen LogP contribution in [-0.4, -0.2) is 53.8 Å². The van der Waals surface area contributed by atoms with Crippen LogP contribution in [0.25, 0.3) is 23.8 Å². The van der Waals surface area contributed by atoms with Gasteiger partial charge in [-0.05, 0) is 116 Å². The van der Waals surface area contributed by atoms with E-state index in [1.165, 1.54) is 0 Å². The van der Waals surface area contributed by atoms with Gasteiger partial charge in [0.15, 0.2) is 0 Å². The zero-order valence-electron chi connectivity index (χ0n) is 25.0. The summed E-state index contributed by atoms with van der Waals surface area (Å²) in [6.45, 7) is 12.3. The predicted molar refractivity (Wildman–Crippen MR) is 167 cm³/mol. The maximum atomic E-state index is 11.5. The Morgan fingerprint density at radius 1 is 0.721 bits per heavy atom. The standard InChI is InChI=1S/C34H38N4O5/c1-17(10-11-39)33-30-13-18(2)25(36-30)15-27-21(5)24(7-9-32(42)43)29(38-27)16-28-23(6-8-31(40)41)20(4)26(37-28)14-22-12-19(3)34(33)35-22/h12-16,35-39H,1,6-11H2,2-5H3,(H,40,41)(H,42,43). The molecule has 0 saturated heterocycles. The SMILES string of the molecule is C=C(CCO)C1=c2[nH]c(cc2C)=Cc2[nH]c(c(CCC(=O)O)c2C)C=c2[nH]c(c(C)c2CCC(=O)O)=Cc2[nH]c1cc2C. The van der Waals surface area contributed by atoms with Crippen LogP contribution in [0.2, 0.25) is 0 Å². The number of H-pyrrole nitrogens is 4. The molecule has 0 saturated carbocycles. The third kappa shape index (κ3) is 5.94. The summed E-state index contributed by atoms with van der Waals surface area (Å²) in [5.41, 5.74) is 10.9. The third-order valence-corrected chi connectivity index (χ3v) is 8.33. The first-order valence-electron chi connectivity index (χ1n) is 14.4. The molecule has 224 valence electrons. The summed E-state index contributed by atoms with van der Waals surface area (Å²) in [7, 11) is 0. The van der Waals surface area contributed by atoms with Crippen LogP contribution in [0.4, 0.5) is 0 Å². The van der Waals surface area contributed by atoms with Gasteiger partial charge in [-0.2, -0.15) is 0 Å². The van der Waals surface area contributed by atoms with Gasteiger partial charge in [-0.15, -0.1) is 0 Å². The van der Waals surface area contributed by atoms with Crippen LogP contribution >= 0.6 is 0 Å². The second kappa shape index (κ2) is 11.9. The molecular formula is C34H38N4O5. The van der Waals surface area contributed by atoms with Crippen LogP contribution in [0.3, 0.4) is 0 Å². The van der Waals surface area contributed by atoms with Crippen LogP contribution in [0.5, 0.6) is 0 Å². The molecule has 9 heteroatoms. The lowest BCUT2D eigenvalue weighted by Gasteiger charge is -2.08. The molecule has 8 bridgehead atoms. The molecule has 0 aromatic carbocycles. The highest BCUT2D eigenvalue weighted by Crippen LogP contribution is 2.25. The molecule has 0 radical (unpaired) electrons. The number of hydrogen-bond donors (Lipinski definition) is 7. The summed E-state index contributed by atoms with van der Waals surface area (Å²) >= 11 is 0. The molecule has 4 aromatic rings. The Kier molecular flexibility index (Phi) is 8.19. The van der Waals surface area contributed by atoms with Gasteiger partial charge in [-0.25, -0.2) is 0 Å². The summed E-state index contributed by atoms with van der Waals surface area (Å²) in [5.74, 6) is -1.75. The van der Waals surface area contributed by atoms with E-state index in [0.717, 1.165) is 88.7 Å². The number of aliphatic carboxylic acids is 2. The van der Waals surface area contributed by atoms with E-state index in [0.29, 0.717) is 19.3 Å². The fourth-order valence-electron chi connectivity index (χ4n) is 5.99. The molecular weight excluding hydrogens is 544 g/mol. The number of rotatable bonds is 9. The van der Waals surface area contributed by atoms with Crippen molar-refractivity contribution in [2.24, 2.45) is 0 Å². The Hall–Kier alpha value is -4.76. The highest BCUT2D eigenvalue weighted by Gasteiger charge is 2.17. The number of aryl methyl sites for hydroxylation is 2. The summed E-state index contributed by atoms with van der Waals surface area (Å²) in [6, 6.07) is 4.14. The largest absolute Gasteiger partial charge is 0.481 e. The minimum Gasteiger partial charge on any atom is -0.481 e. The Morgan fingerprint density at radius 2 is 1.40 bits per heavy atom. The van der Waals surface area contributed by atoms with E-state index >= 15 is 0 Å². The lowest BCUT2D eigenvalue weighted by molar-refractivity contribution is -0.138. The van der Waals surface area contributed by atoms with Gasteiger partial charge in [0.1, 0.15) is 0 Å². The maximum Gasteiger partial charge on any atom is 0.303 e. The van der Waals surface area contributed by atoms with Gasteiger partial charge < -0.3 is 35.3 Å². The molecule has 43 heavy (non-hydrogen) atoms. The van der Waals surface area contributed by atoms with Gasteiger partial charge in [0, 0.05) is 63.8 Å². The molecule has 0 atom stereocenters. The molecule has 7 N–H and O–H groups in total. The lowest BCUT2D eigenvalue weighted by Crippen LogP contribution is -2.17. The molecule has 0 aliphatic carbocycles. The van der Waals surface area contributed by atoms with Crippen molar-refractivity contribution in [1.29, 1.82) is 0 Å². The first kappa shape index (κ1) is 29.7. The number of nitrogens with one attached hydrogen (secondary N) is 4. The average molecular weight is 583 g/mol. The second-order valence-electron chi connectivity index (χ2n) is 11.3. The Balaban J connectivity index is 1.90. The van der Waals surface area contributed by atoms with Crippen LogP contribution < -0.4 is 21.4 Å². The molecule has 1 aliphatic heterocycles. The lowest BCUT2D eigenvalue weighted by atomic mass is 10.00. The number of hydrogen-bond acceptors (Lipinski definition) is 3. The highest BCUT2D eigenvalue weighted by atomic mass is 16.4. The Bertz CT molecular complexity index is 2010. The van der Waals surface area contributed by atoms with Crippen molar-refractivity contribution in [2.75, 3.05) is 6.61 Å². The van der Waals surface area contributed by atoms with E-state index in [4.69, 9.17) is 0 Å². The van der Waals surface area contributed by atoms with E-state index in [2.05, 4.69) is 38.6 Å². The topological polar surface area (TPSA) is 158 Å². The maximum absolute atomic E-state index is 11.5. The first-order valence-corrected chi connectivity index (χ1v) is 14.4. The van der Waals surface area contributed by atoms with Gasteiger partial charge in [0.2, 0.25) is 0 Å². The summed E-state index contributed by atoms with van der Waals surface area (Å²) < 4.78 is 0. The van der Waals surface area contributed by atoms with Gasteiger partial charge in [0.25, 0.3) is 0 Å². The molecule has 0 fully saturated rings. The van der Waals surface area contributed by atoms with Crippen LogP contribution in [0.15, 0.2) is 24.3 Å². The summed E-state index contributed by atoms with van der Waals surface area (Å²) in [6.07, 6.45) is 7.10. The Labute approximate surface area is 248 Å². The van der Waals surface area contributed by atoms with E-state index in [1.54, 1.807) is 0 Å². The van der Waals surface area contributed by atoms with Crippen molar-refractivity contribution in [3.63, 3.8) is 0 Å². The van der Waals surface area contributed by atoms with Crippen molar-refractivity contribution in [3.05, 3.63) is 102 Å². The molecule has 0 amide bonds. The highest BCUT2D eigenvalue weighted by molar-refractivity contribution is 5.78. The zero-order valence-corrected chi connectivity index (χ0v) is 25.0. The van der Waals surface area contributed by atoms with Crippen molar-refractivity contribution in [3.8, 4) is 0 Å². The number of carbonyl (C=O) groups is 2. The van der Waals surface area contributed by atoms with Gasteiger partial charge in [-0.1, -0.05) is 6.58 Å². The third-order valence-electron chi connectivity index (χ3n) is 8.33. The Morgan fingerprint density at radius 3 is 2.07 bits per heavy atom. The van der Waals surface area contributed by atoms with Crippen LogP contribution in [-0.2, 0) is 22.4 Å². The number of carboxylic acids is 2. The minimum atomic E-state index is -0.874. The number of fused-ring (bicyclic) bond motifs is 8. The quantitative estimate of drug-likeness (QED) is 0.161. The molecule has 4 aromatic heterocycles. The molecule has 0 unspecified atom stereocenters. The van der Waals surface area contributed by atoms with Gasteiger partial charge >= 0.3 is 11.9 Å². The van der Waals surface area contributed by atoms with E-state index in [1.807, 2.05) is 45.9 Å². The summed E-state index contributed by atoms with van der Waals surface area (Å²) in [5, 5.41) is 32.1. The van der Waals surface area contributed by atoms with Gasteiger partial charge in [0.05, 0.1) is 5.35 Å². The minimum absolute atomic E-state index is 0.0150. The molecule has 9 nitrogen and oxygen atoms in total. The smallest absolute Gasteiger partial charge is 0.303 e. The number of aromatic amines is 4. The van der Waals surface area contributed by atoms with Crippen molar-refractivity contribution >= 4 is 35.7 Å². The molecule has 5 heterocycles. The van der Waals surface area contributed by atoms with Crippen LogP contribution in [0.1, 0.15) is 75.4 Å². The van der Waals surface area contributed by atoms with Crippen molar-refractivity contribution < 1.29 is 24.9 Å². The summed E-state index contributed by atoms with van der Waals surface area (Å²) in [4.78, 5) is 37.2. The van der Waals surface area contributed by atoms with Crippen molar-refractivity contribution in [1.82, 2.24) is 19.9 Å². The first-order chi connectivity index (χ1) is 20.5. The average Bonchev–Trinajstić information content (AvgIpc) is 3.63. The monoisotopic (exact) mass is 582 g/mol.